The lowest BCUT2D eigenvalue weighted by Crippen LogP contribution is -2.65. The maximum atomic E-state index is 14.2. The predicted molar refractivity (Wildman–Crippen MR) is 90.1 cm³/mol. The highest BCUT2D eigenvalue weighted by molar-refractivity contribution is 5.86. The fraction of sp³-hybridized carbons (Fsp3) is 0.789. The standard InChI is InChI=1S/C19H21F9O4/c1-9(2)14(29)31-8-12(32-15(30)13-6-10-3-4-11(13)5-10)7-16(20,21)17(22,18(23,24)25)19(26,27)28/h10-13H,1,3-8H2,2H3. The zero-order valence-corrected chi connectivity index (χ0v) is 16.8. The van der Waals surface area contributed by atoms with Crippen molar-refractivity contribution in [2.45, 2.75) is 69.1 Å². The Hall–Kier alpha value is -1.95. The minimum atomic E-state index is -7.03. The van der Waals surface area contributed by atoms with Gasteiger partial charge in [0.05, 0.1) is 12.3 Å². The molecule has 0 amide bonds. The molecule has 0 aromatic rings. The van der Waals surface area contributed by atoms with Crippen molar-refractivity contribution in [2.75, 3.05) is 6.61 Å². The Kier molecular flexibility index (Phi) is 7.21. The zero-order chi connectivity index (χ0) is 24.7. The van der Waals surface area contributed by atoms with Gasteiger partial charge in [0.2, 0.25) is 0 Å². The molecule has 2 aliphatic rings. The number of carbonyl (C=O) groups is 2. The Morgan fingerprint density at radius 3 is 1.94 bits per heavy atom. The van der Waals surface area contributed by atoms with E-state index in [1.165, 1.54) is 0 Å². The first-order valence-corrected chi connectivity index (χ1v) is 9.64. The van der Waals surface area contributed by atoms with E-state index >= 15 is 0 Å². The van der Waals surface area contributed by atoms with Gasteiger partial charge >= 0.3 is 35.9 Å². The number of rotatable bonds is 8. The summed E-state index contributed by atoms with van der Waals surface area (Å²) in [5, 5.41) is 0. The Morgan fingerprint density at radius 1 is 0.969 bits per heavy atom. The summed E-state index contributed by atoms with van der Waals surface area (Å²) in [5.74, 6) is -9.19. The number of alkyl halides is 9. The van der Waals surface area contributed by atoms with E-state index in [2.05, 4.69) is 11.3 Å². The third-order valence-corrected chi connectivity index (χ3v) is 5.84. The maximum Gasteiger partial charge on any atom is 0.437 e. The van der Waals surface area contributed by atoms with Crippen LogP contribution in [0.3, 0.4) is 0 Å². The van der Waals surface area contributed by atoms with Crippen LogP contribution < -0.4 is 0 Å². The van der Waals surface area contributed by atoms with Gasteiger partial charge in [0.15, 0.2) is 0 Å². The second-order valence-corrected chi connectivity index (χ2v) is 8.28. The van der Waals surface area contributed by atoms with Crippen molar-refractivity contribution in [1.29, 1.82) is 0 Å². The van der Waals surface area contributed by atoms with Gasteiger partial charge in [0.25, 0.3) is 0 Å². The SMILES string of the molecule is C=C(C)C(=O)OCC(CC(F)(F)C(F)(C(F)(F)F)C(F)(F)F)OC(=O)C1CC2CCC1C2. The highest BCUT2D eigenvalue weighted by Gasteiger charge is 2.84. The van der Waals surface area contributed by atoms with Crippen molar-refractivity contribution < 1.29 is 58.6 Å². The molecule has 0 aromatic carbocycles. The van der Waals surface area contributed by atoms with Gasteiger partial charge in [-0.3, -0.25) is 4.79 Å². The number of fused-ring (bicyclic) bond motifs is 2. The van der Waals surface area contributed by atoms with Crippen LogP contribution in [-0.2, 0) is 19.1 Å². The van der Waals surface area contributed by atoms with Crippen molar-refractivity contribution in [3.8, 4) is 0 Å². The van der Waals surface area contributed by atoms with Gasteiger partial charge in [-0.05, 0) is 38.0 Å². The van der Waals surface area contributed by atoms with E-state index in [9.17, 15) is 49.1 Å². The van der Waals surface area contributed by atoms with E-state index in [1.807, 2.05) is 0 Å². The molecule has 0 spiro atoms. The molecule has 0 aromatic heterocycles. The van der Waals surface area contributed by atoms with Crippen LogP contribution in [0.4, 0.5) is 39.5 Å². The van der Waals surface area contributed by atoms with Gasteiger partial charge < -0.3 is 9.47 Å². The van der Waals surface area contributed by atoms with Crippen molar-refractivity contribution in [3.63, 3.8) is 0 Å². The lowest BCUT2D eigenvalue weighted by Gasteiger charge is -2.37. The molecule has 2 bridgehead atoms. The highest BCUT2D eigenvalue weighted by Crippen LogP contribution is 2.56. The Morgan fingerprint density at radius 2 is 1.53 bits per heavy atom. The van der Waals surface area contributed by atoms with E-state index in [4.69, 9.17) is 4.74 Å². The van der Waals surface area contributed by atoms with Gasteiger partial charge in [-0.25, -0.2) is 18.0 Å². The number of esters is 2. The van der Waals surface area contributed by atoms with Crippen LogP contribution in [0, 0.1) is 17.8 Å². The molecule has 184 valence electrons. The fourth-order valence-electron chi connectivity index (χ4n) is 4.21. The molecule has 32 heavy (non-hydrogen) atoms. The molecule has 0 aliphatic heterocycles. The van der Waals surface area contributed by atoms with Gasteiger partial charge in [0, 0.05) is 5.57 Å². The summed E-state index contributed by atoms with van der Waals surface area (Å²) in [4.78, 5) is 23.9. The van der Waals surface area contributed by atoms with Crippen LogP contribution in [0.1, 0.15) is 39.0 Å². The number of hydrogen-bond acceptors (Lipinski definition) is 4. The molecular weight excluding hydrogens is 463 g/mol. The third-order valence-electron chi connectivity index (χ3n) is 5.84. The summed E-state index contributed by atoms with van der Waals surface area (Å²) in [6.07, 6.45) is -16.6. The topological polar surface area (TPSA) is 52.6 Å². The lowest BCUT2D eigenvalue weighted by atomic mass is 9.88. The first-order chi connectivity index (χ1) is 14.4. The van der Waals surface area contributed by atoms with E-state index in [-0.39, 0.29) is 17.4 Å². The van der Waals surface area contributed by atoms with E-state index in [0.29, 0.717) is 19.3 Å². The molecule has 0 saturated heterocycles. The monoisotopic (exact) mass is 484 g/mol. The van der Waals surface area contributed by atoms with Crippen molar-refractivity contribution in [2.24, 2.45) is 17.8 Å². The second-order valence-electron chi connectivity index (χ2n) is 8.28. The molecule has 2 aliphatic carbocycles. The number of carbonyl (C=O) groups excluding carboxylic acids is 2. The summed E-state index contributed by atoms with van der Waals surface area (Å²) in [7, 11) is 0. The first-order valence-electron chi connectivity index (χ1n) is 9.64. The minimum Gasteiger partial charge on any atom is -0.458 e. The van der Waals surface area contributed by atoms with Crippen LogP contribution in [0.15, 0.2) is 12.2 Å². The predicted octanol–water partition coefficient (Wildman–Crippen LogP) is 5.31. The molecule has 4 unspecified atom stereocenters. The fourth-order valence-corrected chi connectivity index (χ4v) is 4.21. The number of hydrogen-bond donors (Lipinski definition) is 0. The van der Waals surface area contributed by atoms with E-state index in [0.717, 1.165) is 13.3 Å². The highest BCUT2D eigenvalue weighted by atomic mass is 19.4. The molecule has 4 nitrogen and oxygen atoms in total. The summed E-state index contributed by atoms with van der Waals surface area (Å²) in [6, 6.07) is 0. The Bertz CT molecular complexity index is 730. The van der Waals surface area contributed by atoms with Gasteiger partial charge in [0.1, 0.15) is 12.7 Å². The summed E-state index contributed by atoms with van der Waals surface area (Å²) >= 11 is 0. The lowest BCUT2D eigenvalue weighted by molar-refractivity contribution is -0.399. The smallest absolute Gasteiger partial charge is 0.437 e. The number of ether oxygens (including phenoxy) is 2. The van der Waals surface area contributed by atoms with Crippen LogP contribution >= 0.6 is 0 Å². The minimum absolute atomic E-state index is 0.155. The second kappa shape index (κ2) is 8.77. The molecule has 2 rings (SSSR count). The average Bonchev–Trinajstić information content (AvgIpc) is 3.26. The third kappa shape index (κ3) is 5.00. The normalized spacial score (nSPS) is 24.9. The summed E-state index contributed by atoms with van der Waals surface area (Å²) in [5.41, 5.74) is -7.18. The van der Waals surface area contributed by atoms with Gasteiger partial charge in [-0.1, -0.05) is 13.0 Å². The van der Waals surface area contributed by atoms with Crippen LogP contribution in [0.2, 0.25) is 0 Å². The van der Waals surface area contributed by atoms with Gasteiger partial charge in [-0.15, -0.1) is 0 Å². The summed E-state index contributed by atoms with van der Waals surface area (Å²) in [6.45, 7) is 3.00. The first kappa shape index (κ1) is 26.3. The van der Waals surface area contributed by atoms with Crippen LogP contribution in [0.5, 0.6) is 0 Å². The maximum absolute atomic E-state index is 14.2. The molecule has 0 radical (unpaired) electrons. The molecule has 4 atom stereocenters. The van der Waals surface area contributed by atoms with Crippen molar-refractivity contribution in [3.05, 3.63) is 12.2 Å². The average molecular weight is 484 g/mol. The Labute approximate surface area is 177 Å². The Balaban J connectivity index is 2.26. The molecule has 0 N–H and O–H groups in total. The molecular formula is C19H21F9O4. The molecule has 2 fully saturated rings. The van der Waals surface area contributed by atoms with Crippen molar-refractivity contribution >= 4 is 11.9 Å². The largest absolute Gasteiger partial charge is 0.458 e. The molecule has 0 heterocycles. The van der Waals surface area contributed by atoms with E-state index < -0.39 is 60.9 Å². The van der Waals surface area contributed by atoms with Crippen LogP contribution in [-0.4, -0.2) is 48.6 Å². The molecule has 13 heteroatoms. The van der Waals surface area contributed by atoms with Crippen molar-refractivity contribution in [1.82, 2.24) is 0 Å². The zero-order valence-electron chi connectivity index (χ0n) is 16.8. The quantitative estimate of drug-likeness (QED) is 0.266. The summed E-state index contributed by atoms with van der Waals surface area (Å²) < 4.78 is 128. The van der Waals surface area contributed by atoms with Crippen LogP contribution in [0.25, 0.3) is 0 Å². The number of halogens is 9. The molecule has 2 saturated carbocycles. The van der Waals surface area contributed by atoms with E-state index in [1.54, 1.807) is 0 Å². The van der Waals surface area contributed by atoms with Gasteiger partial charge in [-0.2, -0.15) is 26.3 Å².